The molecule has 0 spiro atoms. The third-order valence-corrected chi connectivity index (χ3v) is 3.71. The average Bonchev–Trinajstić information content (AvgIpc) is 2.43. The van der Waals surface area contributed by atoms with Crippen molar-refractivity contribution in [2.24, 2.45) is 0 Å². The van der Waals surface area contributed by atoms with Gasteiger partial charge in [-0.1, -0.05) is 13.0 Å². The van der Waals surface area contributed by atoms with E-state index in [4.69, 9.17) is 0 Å². The van der Waals surface area contributed by atoms with E-state index in [1.165, 1.54) is 12.1 Å². The fourth-order valence-corrected chi connectivity index (χ4v) is 2.49. The van der Waals surface area contributed by atoms with Gasteiger partial charge in [0.25, 0.3) is 0 Å². The van der Waals surface area contributed by atoms with E-state index in [1.807, 2.05) is 19.9 Å². The molecule has 0 amide bonds. The third-order valence-electron chi connectivity index (χ3n) is 3.10. The number of rotatable bonds is 4. The van der Waals surface area contributed by atoms with Crippen LogP contribution in [0.5, 0.6) is 0 Å². The predicted octanol–water partition coefficient (Wildman–Crippen LogP) is 4.13. The van der Waals surface area contributed by atoms with Crippen LogP contribution in [-0.4, -0.2) is 11.5 Å². The van der Waals surface area contributed by atoms with E-state index in [0.29, 0.717) is 12.2 Å². The summed E-state index contributed by atoms with van der Waals surface area (Å²) in [6.07, 6.45) is 1.63. The summed E-state index contributed by atoms with van der Waals surface area (Å²) in [6.45, 7) is 4.34. The molecular weight excluding hydrogens is 326 g/mol. The van der Waals surface area contributed by atoms with Gasteiger partial charge in [0, 0.05) is 11.8 Å². The van der Waals surface area contributed by atoms with Gasteiger partial charge in [0.2, 0.25) is 0 Å². The molecule has 0 saturated carbocycles. The van der Waals surface area contributed by atoms with E-state index in [2.05, 4.69) is 26.2 Å². The normalized spacial score (nSPS) is 12.4. The SMILES string of the molecule is CCNC(c1ncccc1C)c1c(F)ccc(Br)c1F. The zero-order valence-electron chi connectivity index (χ0n) is 11.3. The van der Waals surface area contributed by atoms with Gasteiger partial charge in [0.15, 0.2) is 0 Å². The van der Waals surface area contributed by atoms with Crippen molar-refractivity contribution in [3.8, 4) is 0 Å². The van der Waals surface area contributed by atoms with E-state index < -0.39 is 17.7 Å². The molecule has 0 fully saturated rings. The standard InChI is InChI=1S/C15H15BrF2N2/c1-3-19-15(14-9(2)5-4-8-20-14)12-11(17)7-6-10(16)13(12)18/h4-8,15,19H,3H2,1-2H3. The van der Waals surface area contributed by atoms with Gasteiger partial charge in [-0.25, -0.2) is 8.78 Å². The van der Waals surface area contributed by atoms with Gasteiger partial charge >= 0.3 is 0 Å². The Labute approximate surface area is 125 Å². The summed E-state index contributed by atoms with van der Waals surface area (Å²) >= 11 is 3.10. The Bertz CT molecular complexity index is 617. The smallest absolute Gasteiger partial charge is 0.145 e. The molecule has 0 saturated heterocycles. The second-order valence-electron chi connectivity index (χ2n) is 4.45. The van der Waals surface area contributed by atoms with Gasteiger partial charge in [-0.15, -0.1) is 0 Å². The first-order chi connectivity index (χ1) is 9.56. The van der Waals surface area contributed by atoms with Gasteiger partial charge < -0.3 is 5.32 Å². The van der Waals surface area contributed by atoms with Crippen molar-refractivity contribution in [1.29, 1.82) is 0 Å². The molecule has 1 N–H and O–H groups in total. The van der Waals surface area contributed by atoms with Crippen molar-refractivity contribution in [3.63, 3.8) is 0 Å². The topological polar surface area (TPSA) is 24.9 Å². The first-order valence-electron chi connectivity index (χ1n) is 6.34. The van der Waals surface area contributed by atoms with Crippen LogP contribution in [0.25, 0.3) is 0 Å². The second-order valence-corrected chi connectivity index (χ2v) is 5.31. The van der Waals surface area contributed by atoms with Crippen LogP contribution in [0, 0.1) is 18.6 Å². The zero-order valence-corrected chi connectivity index (χ0v) is 12.8. The predicted molar refractivity (Wildman–Crippen MR) is 78.6 cm³/mol. The molecule has 5 heteroatoms. The summed E-state index contributed by atoms with van der Waals surface area (Å²) in [4.78, 5) is 4.27. The van der Waals surface area contributed by atoms with Gasteiger partial charge in [-0.05, 0) is 53.2 Å². The average molecular weight is 341 g/mol. The minimum atomic E-state index is -0.612. The summed E-state index contributed by atoms with van der Waals surface area (Å²) < 4.78 is 28.6. The Kier molecular flexibility index (Phi) is 4.83. The lowest BCUT2D eigenvalue weighted by molar-refractivity contribution is 0.501. The molecule has 2 nitrogen and oxygen atoms in total. The number of aromatic nitrogens is 1. The highest BCUT2D eigenvalue weighted by Gasteiger charge is 2.25. The van der Waals surface area contributed by atoms with Gasteiger partial charge in [0.1, 0.15) is 11.6 Å². The Balaban J connectivity index is 2.61. The minimum Gasteiger partial charge on any atom is -0.305 e. The molecule has 1 heterocycles. The Morgan fingerprint density at radius 3 is 2.70 bits per heavy atom. The van der Waals surface area contributed by atoms with Gasteiger partial charge in [-0.3, -0.25) is 4.98 Å². The molecule has 1 atom stereocenters. The van der Waals surface area contributed by atoms with Crippen LogP contribution in [0.1, 0.15) is 29.8 Å². The molecule has 1 aromatic carbocycles. The van der Waals surface area contributed by atoms with Crippen molar-refractivity contribution in [3.05, 3.63) is 63.4 Å². The van der Waals surface area contributed by atoms with Crippen LogP contribution in [0.3, 0.4) is 0 Å². The van der Waals surface area contributed by atoms with Crippen LogP contribution in [-0.2, 0) is 0 Å². The summed E-state index contributed by atoms with van der Waals surface area (Å²) in [5.41, 5.74) is 1.51. The molecule has 20 heavy (non-hydrogen) atoms. The minimum absolute atomic E-state index is 0.0111. The maximum absolute atomic E-state index is 14.3. The molecule has 0 radical (unpaired) electrons. The first-order valence-corrected chi connectivity index (χ1v) is 7.13. The highest BCUT2D eigenvalue weighted by atomic mass is 79.9. The van der Waals surface area contributed by atoms with E-state index >= 15 is 0 Å². The first kappa shape index (κ1) is 15.1. The van der Waals surface area contributed by atoms with Crippen molar-refractivity contribution in [2.75, 3.05) is 6.54 Å². The molecule has 2 rings (SSSR count). The fraction of sp³-hybridized carbons (Fsp3) is 0.267. The quantitative estimate of drug-likeness (QED) is 0.846. The molecule has 0 aliphatic carbocycles. The largest absolute Gasteiger partial charge is 0.305 e. The molecule has 106 valence electrons. The lowest BCUT2D eigenvalue weighted by Crippen LogP contribution is -2.26. The Morgan fingerprint density at radius 1 is 1.30 bits per heavy atom. The summed E-state index contributed by atoms with van der Waals surface area (Å²) in [5.74, 6) is -1.18. The van der Waals surface area contributed by atoms with Crippen LogP contribution in [0.15, 0.2) is 34.9 Å². The highest BCUT2D eigenvalue weighted by molar-refractivity contribution is 9.10. The van der Waals surface area contributed by atoms with Crippen LogP contribution < -0.4 is 5.32 Å². The number of nitrogens with zero attached hydrogens (tertiary/aromatic N) is 1. The number of hydrogen-bond acceptors (Lipinski definition) is 2. The number of halogens is 3. The molecule has 1 unspecified atom stereocenters. The molecule has 0 bridgehead atoms. The Hall–Kier alpha value is -1.33. The number of pyridine rings is 1. The summed E-state index contributed by atoms with van der Waals surface area (Å²) in [5, 5.41) is 3.10. The van der Waals surface area contributed by atoms with Gasteiger partial charge in [0.05, 0.1) is 16.2 Å². The highest BCUT2D eigenvalue weighted by Crippen LogP contribution is 2.31. The molecule has 0 aliphatic rings. The number of benzene rings is 1. The van der Waals surface area contributed by atoms with Crippen LogP contribution >= 0.6 is 15.9 Å². The van der Waals surface area contributed by atoms with Crippen molar-refractivity contribution in [1.82, 2.24) is 10.3 Å². The maximum atomic E-state index is 14.3. The van der Waals surface area contributed by atoms with Crippen molar-refractivity contribution < 1.29 is 8.78 Å². The van der Waals surface area contributed by atoms with Crippen LogP contribution in [0.4, 0.5) is 8.78 Å². The molecular formula is C15H15BrF2N2. The van der Waals surface area contributed by atoms with E-state index in [-0.39, 0.29) is 10.0 Å². The summed E-state index contributed by atoms with van der Waals surface area (Å²) in [6, 6.07) is 5.68. The van der Waals surface area contributed by atoms with Crippen LogP contribution in [0.2, 0.25) is 0 Å². The van der Waals surface area contributed by atoms with E-state index in [9.17, 15) is 8.78 Å². The van der Waals surface area contributed by atoms with Gasteiger partial charge in [-0.2, -0.15) is 0 Å². The molecule has 2 aromatic rings. The summed E-state index contributed by atoms with van der Waals surface area (Å²) in [7, 11) is 0. The number of nitrogens with one attached hydrogen (secondary N) is 1. The lowest BCUT2D eigenvalue weighted by Gasteiger charge is -2.21. The maximum Gasteiger partial charge on any atom is 0.145 e. The molecule has 0 aliphatic heterocycles. The Morgan fingerprint density at radius 2 is 2.05 bits per heavy atom. The van der Waals surface area contributed by atoms with Crippen molar-refractivity contribution >= 4 is 15.9 Å². The zero-order chi connectivity index (χ0) is 14.7. The van der Waals surface area contributed by atoms with E-state index in [0.717, 1.165) is 5.56 Å². The fourth-order valence-electron chi connectivity index (χ4n) is 2.15. The number of aryl methyl sites for hydroxylation is 1. The second kappa shape index (κ2) is 6.41. The molecule has 1 aromatic heterocycles. The third kappa shape index (κ3) is 2.88. The monoisotopic (exact) mass is 340 g/mol. The number of hydrogen-bond donors (Lipinski definition) is 1. The lowest BCUT2D eigenvalue weighted by atomic mass is 9.98. The van der Waals surface area contributed by atoms with Crippen molar-refractivity contribution in [2.45, 2.75) is 19.9 Å². The van der Waals surface area contributed by atoms with E-state index in [1.54, 1.807) is 12.3 Å².